The average Bonchev–Trinajstić information content (AvgIpc) is 3.36. The number of halogens is 1. The molecule has 184 valence electrons. The van der Waals surface area contributed by atoms with Crippen LogP contribution < -0.4 is 0 Å². The fourth-order valence-electron chi connectivity index (χ4n) is 4.52. The van der Waals surface area contributed by atoms with Gasteiger partial charge in [0.1, 0.15) is 5.82 Å². The first-order valence-electron chi connectivity index (χ1n) is 12.1. The minimum absolute atomic E-state index is 0.00889. The third kappa shape index (κ3) is 6.35. The molecule has 0 saturated carbocycles. The van der Waals surface area contributed by atoms with Crippen LogP contribution in [0.25, 0.3) is 0 Å². The van der Waals surface area contributed by atoms with Gasteiger partial charge in [0.05, 0.1) is 19.0 Å². The van der Waals surface area contributed by atoms with Crippen LogP contribution in [0, 0.1) is 5.82 Å². The van der Waals surface area contributed by atoms with Gasteiger partial charge in [-0.1, -0.05) is 42.5 Å². The van der Waals surface area contributed by atoms with E-state index in [2.05, 4.69) is 23.6 Å². The van der Waals surface area contributed by atoms with E-state index >= 15 is 0 Å². The van der Waals surface area contributed by atoms with Crippen molar-refractivity contribution >= 4 is 23.2 Å². The molecular formula is C28H31FN2O3S. The molecule has 0 saturated heterocycles. The largest absolute Gasteiger partial charge is 0.382 e. The molecule has 7 heteroatoms. The lowest BCUT2D eigenvalue weighted by Gasteiger charge is -2.37. The fourth-order valence-corrected chi connectivity index (χ4v) is 5.42. The second-order valence-electron chi connectivity index (χ2n) is 8.62. The molecule has 2 amide bonds. The zero-order chi connectivity index (χ0) is 24.6. The molecule has 0 radical (unpaired) electrons. The van der Waals surface area contributed by atoms with Crippen LogP contribution in [-0.4, -0.2) is 54.5 Å². The third-order valence-corrected chi connectivity index (χ3v) is 7.27. The van der Waals surface area contributed by atoms with Crippen molar-refractivity contribution in [1.82, 2.24) is 9.80 Å². The highest BCUT2D eigenvalue weighted by atomic mass is 32.1. The molecule has 0 N–H and O–H groups in total. The number of carbonyl (C=O) groups excluding carboxylic acids is 2. The fraction of sp³-hybridized carbons (Fsp3) is 0.357. The summed E-state index contributed by atoms with van der Waals surface area (Å²) >= 11 is 1.73. The predicted molar refractivity (Wildman–Crippen MR) is 136 cm³/mol. The Morgan fingerprint density at radius 1 is 1.11 bits per heavy atom. The zero-order valence-electron chi connectivity index (χ0n) is 20.0. The van der Waals surface area contributed by atoms with Gasteiger partial charge in [-0.15, -0.1) is 11.3 Å². The van der Waals surface area contributed by atoms with E-state index in [9.17, 15) is 14.0 Å². The van der Waals surface area contributed by atoms with Crippen molar-refractivity contribution < 1.29 is 18.7 Å². The molecule has 4 rings (SSSR count). The van der Waals surface area contributed by atoms with E-state index in [4.69, 9.17) is 4.74 Å². The van der Waals surface area contributed by atoms with Crippen LogP contribution in [0.1, 0.15) is 41.0 Å². The van der Waals surface area contributed by atoms with E-state index < -0.39 is 0 Å². The Bertz CT molecular complexity index is 1120. The number of amides is 2. The molecule has 2 aromatic carbocycles. The Kier molecular flexibility index (Phi) is 8.66. The normalized spacial score (nSPS) is 15.0. The summed E-state index contributed by atoms with van der Waals surface area (Å²) in [5, 5.41) is 2.08. The van der Waals surface area contributed by atoms with Crippen LogP contribution in [0.4, 0.5) is 4.39 Å². The summed E-state index contributed by atoms with van der Waals surface area (Å²) in [5.41, 5.74) is 2.96. The van der Waals surface area contributed by atoms with Gasteiger partial charge >= 0.3 is 0 Å². The Hall–Kier alpha value is -3.03. The number of thiophene rings is 1. The van der Waals surface area contributed by atoms with Gasteiger partial charge in [0.2, 0.25) is 11.8 Å². The quantitative estimate of drug-likeness (QED) is 0.378. The summed E-state index contributed by atoms with van der Waals surface area (Å²) in [5.74, 6) is -0.555. The topological polar surface area (TPSA) is 49.9 Å². The maximum atomic E-state index is 13.7. The van der Waals surface area contributed by atoms with Crippen molar-refractivity contribution in [2.45, 2.75) is 32.2 Å². The van der Waals surface area contributed by atoms with Crippen molar-refractivity contribution in [3.63, 3.8) is 0 Å². The van der Waals surface area contributed by atoms with Crippen LogP contribution in [0.15, 0.2) is 66.0 Å². The van der Waals surface area contributed by atoms with Gasteiger partial charge < -0.3 is 14.5 Å². The summed E-state index contributed by atoms with van der Waals surface area (Å²) in [6.45, 7) is 4.12. The van der Waals surface area contributed by atoms with Crippen LogP contribution in [-0.2, 0) is 27.2 Å². The van der Waals surface area contributed by atoms with Crippen LogP contribution in [0.5, 0.6) is 0 Å². The molecule has 0 bridgehead atoms. The molecule has 1 aliphatic rings. The molecule has 1 atom stereocenters. The lowest BCUT2D eigenvalue weighted by atomic mass is 9.93. The number of nitrogens with zero attached hydrogens (tertiary/aromatic N) is 2. The second-order valence-corrected chi connectivity index (χ2v) is 9.62. The monoisotopic (exact) mass is 494 g/mol. The van der Waals surface area contributed by atoms with E-state index in [0.717, 1.165) is 17.5 Å². The summed E-state index contributed by atoms with van der Waals surface area (Å²) in [4.78, 5) is 31.7. The molecular weight excluding hydrogens is 463 g/mol. The third-order valence-electron chi connectivity index (χ3n) is 6.27. The first kappa shape index (κ1) is 25.1. The number of hydrogen-bond acceptors (Lipinski definition) is 4. The molecule has 0 aliphatic carbocycles. The predicted octanol–water partition coefficient (Wildman–Crippen LogP) is 4.86. The smallest absolute Gasteiger partial charge is 0.242 e. The molecule has 1 aliphatic heterocycles. The van der Waals surface area contributed by atoms with Gasteiger partial charge in [0.25, 0.3) is 0 Å². The van der Waals surface area contributed by atoms with Crippen LogP contribution in [0.2, 0.25) is 0 Å². The first-order valence-corrected chi connectivity index (χ1v) is 13.0. The molecule has 1 aromatic heterocycles. The van der Waals surface area contributed by atoms with Gasteiger partial charge in [0, 0.05) is 31.2 Å². The first-order chi connectivity index (χ1) is 17.1. The van der Waals surface area contributed by atoms with Gasteiger partial charge in [-0.05, 0) is 60.0 Å². The molecule has 2 heterocycles. The maximum Gasteiger partial charge on any atom is 0.242 e. The number of fused-ring (bicyclic) bond motifs is 1. The van der Waals surface area contributed by atoms with Gasteiger partial charge in [-0.2, -0.15) is 0 Å². The molecule has 3 aromatic rings. The average molecular weight is 495 g/mol. The number of rotatable bonds is 10. The van der Waals surface area contributed by atoms with Crippen molar-refractivity contribution in [1.29, 1.82) is 0 Å². The standard InChI is InChI=1S/C28H31FN2O3S/c1-2-34-17-6-15-30(26(32)19-21-9-11-23(29)12-10-21)20-27(33)31-16-13-25-24(14-18-35-25)28(31)22-7-4-3-5-8-22/h3-5,7-12,14,18,28H,2,6,13,15-17,19-20H2,1H3. The molecule has 35 heavy (non-hydrogen) atoms. The highest BCUT2D eigenvalue weighted by Gasteiger charge is 2.33. The number of benzene rings is 2. The second kappa shape index (κ2) is 12.1. The minimum atomic E-state index is -0.338. The molecule has 5 nitrogen and oxygen atoms in total. The van der Waals surface area contributed by atoms with Gasteiger partial charge in [0.15, 0.2) is 0 Å². The van der Waals surface area contributed by atoms with Crippen LogP contribution in [0.3, 0.4) is 0 Å². The Morgan fingerprint density at radius 3 is 2.63 bits per heavy atom. The van der Waals surface area contributed by atoms with Gasteiger partial charge in [-0.25, -0.2) is 4.39 Å². The Labute approximate surface area is 210 Å². The molecule has 0 fully saturated rings. The van der Waals surface area contributed by atoms with E-state index in [1.54, 1.807) is 28.4 Å². The van der Waals surface area contributed by atoms with E-state index in [0.29, 0.717) is 32.7 Å². The van der Waals surface area contributed by atoms with Gasteiger partial charge in [-0.3, -0.25) is 9.59 Å². The van der Waals surface area contributed by atoms with E-state index in [1.165, 1.54) is 22.6 Å². The summed E-state index contributed by atoms with van der Waals surface area (Å²) < 4.78 is 18.7. The molecule has 0 spiro atoms. The lowest BCUT2D eigenvalue weighted by molar-refractivity contribution is -0.141. The van der Waals surface area contributed by atoms with E-state index in [-0.39, 0.29) is 36.6 Å². The summed E-state index contributed by atoms with van der Waals surface area (Å²) in [6.07, 6.45) is 1.59. The van der Waals surface area contributed by atoms with Crippen molar-refractivity contribution in [3.05, 3.63) is 93.4 Å². The lowest BCUT2D eigenvalue weighted by Crippen LogP contribution is -2.47. The highest BCUT2D eigenvalue weighted by molar-refractivity contribution is 7.10. The minimum Gasteiger partial charge on any atom is -0.382 e. The SMILES string of the molecule is CCOCCCN(CC(=O)N1CCc2sccc2C1c1ccccc1)C(=O)Cc1ccc(F)cc1. The van der Waals surface area contributed by atoms with E-state index in [1.807, 2.05) is 30.0 Å². The number of carbonyl (C=O) groups is 2. The Balaban J connectivity index is 1.52. The van der Waals surface area contributed by atoms with Crippen molar-refractivity contribution in [3.8, 4) is 0 Å². The summed E-state index contributed by atoms with van der Waals surface area (Å²) in [6, 6.07) is 17.9. The maximum absolute atomic E-state index is 13.7. The molecule has 1 unspecified atom stereocenters. The summed E-state index contributed by atoms with van der Waals surface area (Å²) in [7, 11) is 0. The number of ether oxygens (including phenoxy) is 1. The number of hydrogen-bond donors (Lipinski definition) is 0. The Morgan fingerprint density at radius 2 is 1.89 bits per heavy atom. The van der Waals surface area contributed by atoms with Crippen LogP contribution >= 0.6 is 11.3 Å². The zero-order valence-corrected chi connectivity index (χ0v) is 20.8. The van der Waals surface area contributed by atoms with Crippen molar-refractivity contribution in [2.75, 3.05) is 32.8 Å². The van der Waals surface area contributed by atoms with Crippen molar-refractivity contribution in [2.24, 2.45) is 0 Å². The highest BCUT2D eigenvalue weighted by Crippen LogP contribution is 2.37.